The lowest BCUT2D eigenvalue weighted by Gasteiger charge is -1.95. The molecule has 1 N–H and O–H groups in total. The molecule has 4 nitrogen and oxygen atoms in total. The van der Waals surface area contributed by atoms with Crippen molar-refractivity contribution in [1.82, 2.24) is 5.16 Å². The molecule has 0 amide bonds. The Balaban J connectivity index is 2.28. The molecule has 0 unspecified atom stereocenters. The smallest absolute Gasteiger partial charge is 0.308 e. The highest BCUT2D eigenvalue weighted by molar-refractivity contribution is 5.71. The fourth-order valence-electron chi connectivity index (χ4n) is 1.44. The predicted molar refractivity (Wildman–Crippen MR) is 44.6 cm³/mol. The molecule has 1 fully saturated rings. The Bertz CT molecular complexity index is 339. The fourth-order valence-corrected chi connectivity index (χ4v) is 1.44. The molecule has 1 aromatic rings. The highest BCUT2D eigenvalue weighted by Crippen LogP contribution is 2.42. The molecule has 0 bridgehead atoms. The second-order valence-corrected chi connectivity index (χ2v) is 3.46. The molecule has 1 heterocycles. The van der Waals surface area contributed by atoms with Crippen molar-refractivity contribution in [2.24, 2.45) is 0 Å². The standard InChI is InChI=1S/C9H11NO3/c1-5-7(4-8(11)12)9(13-10-5)6-2-3-6/h6H,2-4H2,1H3,(H,11,12). The zero-order chi connectivity index (χ0) is 9.42. The number of rotatable bonds is 3. The van der Waals surface area contributed by atoms with E-state index >= 15 is 0 Å². The number of aryl methyl sites for hydroxylation is 1. The number of hydrogen-bond acceptors (Lipinski definition) is 3. The van der Waals surface area contributed by atoms with Gasteiger partial charge < -0.3 is 9.63 Å². The summed E-state index contributed by atoms with van der Waals surface area (Å²) in [7, 11) is 0. The molecule has 70 valence electrons. The summed E-state index contributed by atoms with van der Waals surface area (Å²) in [5.41, 5.74) is 1.49. The van der Waals surface area contributed by atoms with Gasteiger partial charge in [0.05, 0.1) is 12.1 Å². The van der Waals surface area contributed by atoms with Crippen LogP contribution in [0.3, 0.4) is 0 Å². The summed E-state index contributed by atoms with van der Waals surface area (Å²) in [6, 6.07) is 0. The SMILES string of the molecule is Cc1noc(C2CC2)c1CC(=O)O. The monoisotopic (exact) mass is 181 g/mol. The molecule has 1 aliphatic rings. The lowest BCUT2D eigenvalue weighted by molar-refractivity contribution is -0.136. The van der Waals surface area contributed by atoms with E-state index in [0.717, 1.165) is 24.2 Å². The van der Waals surface area contributed by atoms with Crippen LogP contribution in [0.5, 0.6) is 0 Å². The van der Waals surface area contributed by atoms with Crippen LogP contribution < -0.4 is 0 Å². The molecular weight excluding hydrogens is 170 g/mol. The van der Waals surface area contributed by atoms with Gasteiger partial charge in [-0.15, -0.1) is 0 Å². The minimum atomic E-state index is -0.826. The van der Waals surface area contributed by atoms with Crippen LogP contribution in [0.1, 0.15) is 35.8 Å². The van der Waals surface area contributed by atoms with Gasteiger partial charge in [-0.1, -0.05) is 5.16 Å². The number of carboxylic acids is 1. The van der Waals surface area contributed by atoms with Crippen LogP contribution in [-0.4, -0.2) is 16.2 Å². The van der Waals surface area contributed by atoms with Crippen molar-refractivity contribution in [3.05, 3.63) is 17.0 Å². The van der Waals surface area contributed by atoms with Gasteiger partial charge in [0, 0.05) is 11.5 Å². The zero-order valence-corrected chi connectivity index (χ0v) is 7.41. The van der Waals surface area contributed by atoms with Crippen LogP contribution in [0.15, 0.2) is 4.52 Å². The normalized spacial score (nSPS) is 16.1. The van der Waals surface area contributed by atoms with Crippen molar-refractivity contribution in [2.75, 3.05) is 0 Å². The van der Waals surface area contributed by atoms with Crippen molar-refractivity contribution in [1.29, 1.82) is 0 Å². The number of hydrogen-bond donors (Lipinski definition) is 1. The second-order valence-electron chi connectivity index (χ2n) is 3.46. The lowest BCUT2D eigenvalue weighted by atomic mass is 10.1. The molecule has 2 rings (SSSR count). The molecule has 13 heavy (non-hydrogen) atoms. The first-order valence-electron chi connectivity index (χ1n) is 4.35. The Labute approximate surface area is 75.5 Å². The molecule has 0 saturated heterocycles. The van der Waals surface area contributed by atoms with Crippen molar-refractivity contribution < 1.29 is 14.4 Å². The van der Waals surface area contributed by atoms with Gasteiger partial charge >= 0.3 is 5.97 Å². The fraction of sp³-hybridized carbons (Fsp3) is 0.556. The summed E-state index contributed by atoms with van der Waals surface area (Å²) in [5.74, 6) is 0.392. The zero-order valence-electron chi connectivity index (χ0n) is 7.41. The Morgan fingerprint density at radius 1 is 1.69 bits per heavy atom. The number of aliphatic carboxylic acids is 1. The summed E-state index contributed by atoms with van der Waals surface area (Å²) < 4.78 is 5.11. The van der Waals surface area contributed by atoms with E-state index in [0.29, 0.717) is 11.6 Å². The van der Waals surface area contributed by atoms with Gasteiger partial charge in [0.1, 0.15) is 5.76 Å². The van der Waals surface area contributed by atoms with Crippen LogP contribution in [0, 0.1) is 6.92 Å². The molecule has 1 aliphatic carbocycles. The van der Waals surface area contributed by atoms with Gasteiger partial charge in [-0.2, -0.15) is 0 Å². The average molecular weight is 181 g/mol. The number of nitrogens with zero attached hydrogens (tertiary/aromatic N) is 1. The van der Waals surface area contributed by atoms with Gasteiger partial charge in [0.2, 0.25) is 0 Å². The minimum Gasteiger partial charge on any atom is -0.481 e. The van der Waals surface area contributed by atoms with Crippen LogP contribution in [0.2, 0.25) is 0 Å². The van der Waals surface area contributed by atoms with Gasteiger partial charge in [0.15, 0.2) is 0 Å². The first kappa shape index (κ1) is 8.29. The van der Waals surface area contributed by atoms with Crippen molar-refractivity contribution in [2.45, 2.75) is 32.1 Å². The molecule has 0 spiro atoms. The van der Waals surface area contributed by atoms with E-state index in [1.165, 1.54) is 0 Å². The molecule has 0 atom stereocenters. The first-order valence-corrected chi connectivity index (χ1v) is 4.35. The third-order valence-electron chi connectivity index (χ3n) is 2.29. The third kappa shape index (κ3) is 1.56. The van der Waals surface area contributed by atoms with E-state index in [1.54, 1.807) is 6.92 Å². The summed E-state index contributed by atoms with van der Waals surface area (Å²) >= 11 is 0. The van der Waals surface area contributed by atoms with Gasteiger partial charge in [-0.3, -0.25) is 4.79 Å². The molecule has 0 aromatic carbocycles. The van der Waals surface area contributed by atoms with Crippen LogP contribution >= 0.6 is 0 Å². The highest BCUT2D eigenvalue weighted by atomic mass is 16.5. The van der Waals surface area contributed by atoms with Gasteiger partial charge in [-0.25, -0.2) is 0 Å². The second kappa shape index (κ2) is 2.87. The first-order chi connectivity index (χ1) is 6.18. The molecular formula is C9H11NO3. The quantitative estimate of drug-likeness (QED) is 0.767. The predicted octanol–water partition coefficient (Wildman–Crippen LogP) is 1.49. The highest BCUT2D eigenvalue weighted by Gasteiger charge is 2.31. The average Bonchev–Trinajstić information content (AvgIpc) is 2.81. The van der Waals surface area contributed by atoms with E-state index in [9.17, 15) is 4.79 Å². The molecule has 1 saturated carbocycles. The number of aromatic nitrogens is 1. The minimum absolute atomic E-state index is 0.0289. The number of carboxylic acid groups (broad SMARTS) is 1. The number of carbonyl (C=O) groups is 1. The van der Waals surface area contributed by atoms with Crippen LogP contribution in [0.25, 0.3) is 0 Å². The van der Waals surface area contributed by atoms with E-state index < -0.39 is 5.97 Å². The molecule has 0 aliphatic heterocycles. The maximum atomic E-state index is 10.5. The lowest BCUT2D eigenvalue weighted by Crippen LogP contribution is -2.02. The van der Waals surface area contributed by atoms with Crippen molar-refractivity contribution >= 4 is 5.97 Å². The topological polar surface area (TPSA) is 63.3 Å². The Morgan fingerprint density at radius 3 is 2.92 bits per heavy atom. The third-order valence-corrected chi connectivity index (χ3v) is 2.29. The maximum Gasteiger partial charge on any atom is 0.308 e. The van der Waals surface area contributed by atoms with E-state index in [-0.39, 0.29) is 6.42 Å². The summed E-state index contributed by atoms with van der Waals surface area (Å²) in [4.78, 5) is 10.5. The van der Waals surface area contributed by atoms with Crippen LogP contribution in [-0.2, 0) is 11.2 Å². The summed E-state index contributed by atoms with van der Waals surface area (Å²) in [6.45, 7) is 1.79. The largest absolute Gasteiger partial charge is 0.481 e. The molecule has 0 radical (unpaired) electrons. The Kier molecular flexibility index (Phi) is 1.83. The van der Waals surface area contributed by atoms with E-state index in [4.69, 9.17) is 9.63 Å². The summed E-state index contributed by atoms with van der Waals surface area (Å²) in [6.07, 6.45) is 2.23. The Hall–Kier alpha value is -1.32. The van der Waals surface area contributed by atoms with Crippen molar-refractivity contribution in [3.8, 4) is 0 Å². The van der Waals surface area contributed by atoms with Crippen molar-refractivity contribution in [3.63, 3.8) is 0 Å². The Morgan fingerprint density at radius 2 is 2.38 bits per heavy atom. The van der Waals surface area contributed by atoms with Gasteiger partial charge in [-0.05, 0) is 19.8 Å². The van der Waals surface area contributed by atoms with Gasteiger partial charge in [0.25, 0.3) is 0 Å². The maximum absolute atomic E-state index is 10.5. The van der Waals surface area contributed by atoms with Crippen LogP contribution in [0.4, 0.5) is 0 Å². The molecule has 4 heteroatoms. The summed E-state index contributed by atoms with van der Waals surface area (Å²) in [5, 5.41) is 12.5. The van der Waals surface area contributed by atoms with E-state index in [1.807, 2.05) is 0 Å². The van der Waals surface area contributed by atoms with E-state index in [2.05, 4.69) is 5.16 Å². The molecule has 1 aromatic heterocycles.